The van der Waals surface area contributed by atoms with E-state index in [1.165, 1.54) is 0 Å². The quantitative estimate of drug-likeness (QED) is 0.679. The number of unbranched alkanes of at least 4 members (excludes halogenated alkanes) is 1. The number of carbonyl (C=O) groups is 3. The van der Waals surface area contributed by atoms with E-state index in [2.05, 4.69) is 5.32 Å². The summed E-state index contributed by atoms with van der Waals surface area (Å²) in [4.78, 5) is 37.3. The number of carboxylic acid groups (broad SMARTS) is 1. The van der Waals surface area contributed by atoms with Crippen LogP contribution in [0.3, 0.4) is 0 Å². The van der Waals surface area contributed by atoms with Crippen molar-refractivity contribution >= 4 is 17.8 Å². The van der Waals surface area contributed by atoms with Crippen LogP contribution in [0.5, 0.6) is 0 Å². The fraction of sp³-hybridized carbons (Fsp3) is 0.812. The number of nitrogens with one attached hydrogen (secondary N) is 1. The molecule has 0 aliphatic carbocycles. The number of rotatable bonds is 9. The predicted octanol–water partition coefficient (Wildman–Crippen LogP) is 1.78. The molecule has 126 valence electrons. The van der Waals surface area contributed by atoms with Crippen molar-refractivity contribution in [1.29, 1.82) is 0 Å². The average Bonchev–Trinajstić information content (AvgIpc) is 2.86. The van der Waals surface area contributed by atoms with E-state index in [0.29, 0.717) is 13.0 Å². The summed E-state index contributed by atoms with van der Waals surface area (Å²) in [6.45, 7) is 6.43. The summed E-state index contributed by atoms with van der Waals surface area (Å²) < 4.78 is 0. The summed E-state index contributed by atoms with van der Waals surface area (Å²) in [7, 11) is 0. The number of amides is 2. The van der Waals surface area contributed by atoms with Gasteiger partial charge in [-0.25, -0.2) is 4.79 Å². The first kappa shape index (κ1) is 18.5. The zero-order chi connectivity index (χ0) is 16.7. The van der Waals surface area contributed by atoms with Crippen molar-refractivity contribution in [2.45, 2.75) is 71.4 Å². The Kier molecular flexibility index (Phi) is 7.35. The van der Waals surface area contributed by atoms with E-state index in [4.69, 9.17) is 5.11 Å². The molecule has 2 unspecified atom stereocenters. The Bertz CT molecular complexity index is 407. The van der Waals surface area contributed by atoms with Gasteiger partial charge in [0.2, 0.25) is 11.8 Å². The molecule has 0 spiro atoms. The molecule has 0 aromatic carbocycles. The second kappa shape index (κ2) is 8.76. The Morgan fingerprint density at radius 2 is 1.95 bits per heavy atom. The van der Waals surface area contributed by atoms with Crippen molar-refractivity contribution in [2.24, 2.45) is 5.92 Å². The van der Waals surface area contributed by atoms with Crippen LogP contribution in [0.1, 0.15) is 59.3 Å². The lowest BCUT2D eigenvalue weighted by atomic mass is 10.1. The van der Waals surface area contributed by atoms with Crippen molar-refractivity contribution in [3.63, 3.8) is 0 Å². The van der Waals surface area contributed by atoms with Crippen molar-refractivity contribution in [1.82, 2.24) is 10.2 Å². The highest BCUT2D eigenvalue weighted by Gasteiger charge is 2.37. The van der Waals surface area contributed by atoms with Gasteiger partial charge in [0.05, 0.1) is 5.92 Å². The largest absolute Gasteiger partial charge is 0.480 e. The maximum absolute atomic E-state index is 12.3. The Morgan fingerprint density at radius 3 is 2.45 bits per heavy atom. The average molecular weight is 312 g/mol. The highest BCUT2D eigenvalue weighted by molar-refractivity contribution is 5.91. The van der Waals surface area contributed by atoms with E-state index in [0.717, 1.165) is 25.7 Å². The summed E-state index contributed by atoms with van der Waals surface area (Å²) in [6.07, 6.45) is 3.97. The van der Waals surface area contributed by atoms with Gasteiger partial charge in [-0.2, -0.15) is 0 Å². The highest BCUT2D eigenvalue weighted by atomic mass is 16.4. The minimum absolute atomic E-state index is 0.00529. The van der Waals surface area contributed by atoms with E-state index in [1.54, 1.807) is 4.90 Å². The van der Waals surface area contributed by atoms with Crippen LogP contribution in [-0.2, 0) is 14.4 Å². The molecule has 0 saturated carbocycles. The molecule has 0 aromatic heterocycles. The number of aliphatic carboxylic acids is 1. The van der Waals surface area contributed by atoms with E-state index in [1.807, 2.05) is 20.8 Å². The van der Waals surface area contributed by atoms with Crippen molar-refractivity contribution in [3.05, 3.63) is 0 Å². The van der Waals surface area contributed by atoms with Crippen LogP contribution in [0.2, 0.25) is 0 Å². The summed E-state index contributed by atoms with van der Waals surface area (Å²) in [6, 6.07) is -0.689. The van der Waals surface area contributed by atoms with E-state index >= 15 is 0 Å². The third-order valence-corrected chi connectivity index (χ3v) is 4.37. The molecule has 0 bridgehead atoms. The number of carboxylic acids is 1. The number of nitrogens with zero attached hydrogens (tertiary/aromatic N) is 1. The minimum atomic E-state index is -1.01. The van der Waals surface area contributed by atoms with Gasteiger partial charge >= 0.3 is 5.97 Å². The molecule has 0 aromatic rings. The normalized spacial score (nSPS) is 19.5. The molecular weight excluding hydrogens is 284 g/mol. The van der Waals surface area contributed by atoms with Crippen LogP contribution in [-0.4, -0.2) is 46.4 Å². The topological polar surface area (TPSA) is 86.7 Å². The molecule has 1 heterocycles. The molecule has 1 fully saturated rings. The molecule has 22 heavy (non-hydrogen) atoms. The van der Waals surface area contributed by atoms with Crippen LogP contribution in [0, 0.1) is 5.92 Å². The SMILES string of the molecule is CCCCC(NC(=O)C1CC(=O)N(C(CC)CC)C1)C(=O)O. The van der Waals surface area contributed by atoms with Gasteiger partial charge in [-0.05, 0) is 19.3 Å². The standard InChI is InChI=1S/C16H28N2O4/c1-4-7-8-13(16(21)22)17-15(20)11-9-14(19)18(10-11)12(5-2)6-3/h11-13H,4-10H2,1-3H3,(H,17,20)(H,21,22). The second-order valence-corrected chi connectivity index (χ2v) is 5.96. The minimum Gasteiger partial charge on any atom is -0.480 e. The first-order valence-electron chi connectivity index (χ1n) is 8.27. The van der Waals surface area contributed by atoms with E-state index < -0.39 is 17.9 Å². The highest BCUT2D eigenvalue weighted by Crippen LogP contribution is 2.23. The zero-order valence-electron chi connectivity index (χ0n) is 13.8. The van der Waals surface area contributed by atoms with E-state index in [9.17, 15) is 14.4 Å². The van der Waals surface area contributed by atoms with Crippen molar-refractivity contribution < 1.29 is 19.5 Å². The van der Waals surface area contributed by atoms with Gasteiger partial charge in [0, 0.05) is 19.0 Å². The van der Waals surface area contributed by atoms with Gasteiger partial charge in [0.15, 0.2) is 0 Å². The Hall–Kier alpha value is -1.59. The molecule has 6 heteroatoms. The fourth-order valence-corrected chi connectivity index (χ4v) is 2.94. The van der Waals surface area contributed by atoms with Crippen molar-refractivity contribution in [2.75, 3.05) is 6.54 Å². The fourth-order valence-electron chi connectivity index (χ4n) is 2.94. The maximum atomic E-state index is 12.3. The third kappa shape index (κ3) is 4.71. The van der Waals surface area contributed by atoms with Crippen LogP contribution < -0.4 is 5.32 Å². The van der Waals surface area contributed by atoms with Gasteiger partial charge < -0.3 is 15.3 Å². The van der Waals surface area contributed by atoms with Crippen LogP contribution in [0.4, 0.5) is 0 Å². The van der Waals surface area contributed by atoms with Gasteiger partial charge in [-0.3, -0.25) is 9.59 Å². The maximum Gasteiger partial charge on any atom is 0.326 e. The van der Waals surface area contributed by atoms with Crippen molar-refractivity contribution in [3.8, 4) is 0 Å². The smallest absolute Gasteiger partial charge is 0.326 e. The monoisotopic (exact) mass is 312 g/mol. The first-order chi connectivity index (χ1) is 10.4. The molecule has 0 radical (unpaired) electrons. The van der Waals surface area contributed by atoms with Crippen LogP contribution >= 0.6 is 0 Å². The molecule has 6 nitrogen and oxygen atoms in total. The van der Waals surface area contributed by atoms with Gasteiger partial charge in [0.25, 0.3) is 0 Å². The number of likely N-dealkylation sites (tertiary alicyclic amines) is 1. The summed E-state index contributed by atoms with van der Waals surface area (Å²) in [5, 5.41) is 11.8. The molecule has 2 N–H and O–H groups in total. The first-order valence-corrected chi connectivity index (χ1v) is 8.27. The lowest BCUT2D eigenvalue weighted by molar-refractivity contribution is -0.142. The Labute approximate surface area is 132 Å². The van der Waals surface area contributed by atoms with Gasteiger partial charge in [-0.1, -0.05) is 33.6 Å². The molecule has 1 aliphatic rings. The lowest BCUT2D eigenvalue weighted by Crippen LogP contribution is -2.44. The van der Waals surface area contributed by atoms with Crippen LogP contribution in [0.25, 0.3) is 0 Å². The lowest BCUT2D eigenvalue weighted by Gasteiger charge is -2.26. The summed E-state index contributed by atoms with van der Waals surface area (Å²) in [5.41, 5.74) is 0. The molecule has 1 saturated heterocycles. The molecular formula is C16H28N2O4. The summed E-state index contributed by atoms with van der Waals surface area (Å²) >= 11 is 0. The predicted molar refractivity (Wildman–Crippen MR) is 83.3 cm³/mol. The molecule has 1 aliphatic heterocycles. The third-order valence-electron chi connectivity index (χ3n) is 4.37. The second-order valence-electron chi connectivity index (χ2n) is 5.96. The van der Waals surface area contributed by atoms with Gasteiger partial charge in [-0.15, -0.1) is 0 Å². The molecule has 2 atom stereocenters. The van der Waals surface area contributed by atoms with E-state index in [-0.39, 0.29) is 24.3 Å². The number of hydrogen-bond acceptors (Lipinski definition) is 3. The summed E-state index contributed by atoms with van der Waals surface area (Å²) in [5.74, 6) is -1.76. The molecule has 2 amide bonds. The number of hydrogen-bond donors (Lipinski definition) is 2. The van der Waals surface area contributed by atoms with Gasteiger partial charge in [0.1, 0.15) is 6.04 Å². The Morgan fingerprint density at radius 1 is 1.32 bits per heavy atom. The van der Waals surface area contributed by atoms with Crippen LogP contribution in [0.15, 0.2) is 0 Å². The zero-order valence-corrected chi connectivity index (χ0v) is 13.8. The molecule has 1 rings (SSSR count). The number of carbonyl (C=O) groups excluding carboxylic acids is 2. The Balaban J connectivity index is 2.62.